The number of carbonyl (C=O) groups is 2. The third kappa shape index (κ3) is 2.51. The Morgan fingerprint density at radius 2 is 1.91 bits per heavy atom. The monoisotopic (exact) mass is 306 g/mol. The molecule has 1 aromatic rings. The normalized spacial score (nSPS) is 30.5. The summed E-state index contributed by atoms with van der Waals surface area (Å²) in [5.41, 5.74) is -0.188. The molecule has 0 spiro atoms. The number of carboxylic acids is 1. The van der Waals surface area contributed by atoms with E-state index < -0.39 is 17.8 Å². The Morgan fingerprint density at radius 3 is 2.45 bits per heavy atom. The third-order valence-corrected chi connectivity index (χ3v) is 5.00. The second-order valence-electron chi connectivity index (χ2n) is 7.54. The number of nitrogens with one attached hydrogen (secondary N) is 1. The van der Waals surface area contributed by atoms with Crippen LogP contribution < -0.4 is 5.32 Å². The minimum atomic E-state index is -0.858. The van der Waals surface area contributed by atoms with Crippen molar-refractivity contribution in [2.24, 2.45) is 23.7 Å². The van der Waals surface area contributed by atoms with E-state index in [2.05, 4.69) is 10.5 Å². The minimum absolute atomic E-state index is 0.140. The Morgan fingerprint density at radius 1 is 1.27 bits per heavy atom. The van der Waals surface area contributed by atoms with Crippen molar-refractivity contribution in [3.63, 3.8) is 0 Å². The highest BCUT2D eigenvalue weighted by atomic mass is 16.5. The van der Waals surface area contributed by atoms with Crippen LogP contribution in [0.15, 0.2) is 10.6 Å². The summed E-state index contributed by atoms with van der Waals surface area (Å²) in [7, 11) is 0. The van der Waals surface area contributed by atoms with Crippen molar-refractivity contribution in [1.82, 2.24) is 5.16 Å². The molecule has 0 aliphatic heterocycles. The molecule has 0 saturated heterocycles. The lowest BCUT2D eigenvalue weighted by molar-refractivity contribution is -0.148. The van der Waals surface area contributed by atoms with E-state index in [0.717, 1.165) is 19.3 Å². The van der Waals surface area contributed by atoms with Gasteiger partial charge in [-0.3, -0.25) is 9.59 Å². The molecule has 6 nitrogen and oxygen atoms in total. The number of anilines is 1. The highest BCUT2D eigenvalue weighted by Gasteiger charge is 2.54. The number of aliphatic carboxylic acids is 1. The van der Waals surface area contributed by atoms with Crippen molar-refractivity contribution in [3.8, 4) is 0 Å². The van der Waals surface area contributed by atoms with Crippen LogP contribution in [0.2, 0.25) is 0 Å². The zero-order valence-corrected chi connectivity index (χ0v) is 13.1. The number of carbonyl (C=O) groups excluding carboxylic acids is 1. The fourth-order valence-electron chi connectivity index (χ4n) is 3.92. The number of carboxylic acid groups (broad SMARTS) is 1. The molecule has 1 amide bonds. The molecule has 120 valence electrons. The van der Waals surface area contributed by atoms with Crippen molar-refractivity contribution in [2.45, 2.75) is 45.4 Å². The molecule has 4 atom stereocenters. The fourth-order valence-corrected chi connectivity index (χ4v) is 3.92. The van der Waals surface area contributed by atoms with Gasteiger partial charge in [0.1, 0.15) is 5.76 Å². The number of hydrogen-bond acceptors (Lipinski definition) is 4. The molecule has 0 unspecified atom stereocenters. The first-order chi connectivity index (χ1) is 10.3. The van der Waals surface area contributed by atoms with Gasteiger partial charge < -0.3 is 14.9 Å². The molecular formula is C16H22N2O4. The molecule has 0 aromatic carbocycles. The van der Waals surface area contributed by atoms with E-state index in [1.165, 1.54) is 0 Å². The van der Waals surface area contributed by atoms with E-state index in [1.54, 1.807) is 6.07 Å². The van der Waals surface area contributed by atoms with E-state index in [1.807, 2.05) is 20.8 Å². The molecule has 1 heterocycles. The largest absolute Gasteiger partial charge is 0.481 e. The van der Waals surface area contributed by atoms with Gasteiger partial charge in [0.2, 0.25) is 5.91 Å². The minimum Gasteiger partial charge on any atom is -0.481 e. The molecule has 2 fully saturated rings. The quantitative estimate of drug-likeness (QED) is 0.895. The number of hydrogen-bond donors (Lipinski definition) is 2. The second kappa shape index (κ2) is 5.11. The molecule has 1 aromatic heterocycles. The maximum absolute atomic E-state index is 12.5. The van der Waals surface area contributed by atoms with Gasteiger partial charge in [0, 0.05) is 11.5 Å². The SMILES string of the molecule is CC(C)(C)c1cc(NC(=O)[C@@H]2[C@H]3CC[C@@H](C3)[C@@H]2C(=O)O)no1. The molecule has 2 N–H and O–H groups in total. The van der Waals surface area contributed by atoms with Gasteiger partial charge in [-0.05, 0) is 31.1 Å². The number of aromatic nitrogens is 1. The first-order valence-electron chi connectivity index (χ1n) is 7.78. The molecule has 2 aliphatic rings. The zero-order valence-electron chi connectivity index (χ0n) is 13.1. The summed E-state index contributed by atoms with van der Waals surface area (Å²) in [5, 5.41) is 16.0. The summed E-state index contributed by atoms with van der Waals surface area (Å²) in [6.45, 7) is 5.99. The number of fused-ring (bicyclic) bond motifs is 2. The Hall–Kier alpha value is -1.85. The van der Waals surface area contributed by atoms with Crippen molar-refractivity contribution < 1.29 is 19.2 Å². The van der Waals surface area contributed by atoms with Crippen LogP contribution in [0.1, 0.15) is 45.8 Å². The van der Waals surface area contributed by atoms with Gasteiger partial charge in [-0.1, -0.05) is 25.9 Å². The zero-order chi connectivity index (χ0) is 16.1. The van der Waals surface area contributed by atoms with Crippen LogP contribution >= 0.6 is 0 Å². The van der Waals surface area contributed by atoms with Crippen LogP contribution in [0.25, 0.3) is 0 Å². The van der Waals surface area contributed by atoms with Gasteiger partial charge >= 0.3 is 5.97 Å². The molecule has 2 saturated carbocycles. The van der Waals surface area contributed by atoms with Crippen molar-refractivity contribution in [3.05, 3.63) is 11.8 Å². The highest BCUT2D eigenvalue weighted by Crippen LogP contribution is 2.52. The lowest BCUT2D eigenvalue weighted by atomic mass is 9.79. The lowest BCUT2D eigenvalue weighted by Gasteiger charge is -2.26. The summed E-state index contributed by atoms with van der Waals surface area (Å²) >= 11 is 0. The average Bonchev–Trinajstić information content (AvgIpc) is 3.11. The Balaban J connectivity index is 1.74. The first-order valence-corrected chi connectivity index (χ1v) is 7.78. The molecule has 2 aliphatic carbocycles. The Kier molecular flexibility index (Phi) is 3.50. The smallest absolute Gasteiger partial charge is 0.307 e. The van der Waals surface area contributed by atoms with E-state index >= 15 is 0 Å². The van der Waals surface area contributed by atoms with Crippen LogP contribution in [-0.2, 0) is 15.0 Å². The summed E-state index contributed by atoms with van der Waals surface area (Å²) in [5.74, 6) is -0.747. The molecule has 2 bridgehead atoms. The highest BCUT2D eigenvalue weighted by molar-refractivity contribution is 5.95. The predicted molar refractivity (Wildman–Crippen MR) is 79.3 cm³/mol. The van der Waals surface area contributed by atoms with Crippen LogP contribution in [-0.4, -0.2) is 22.1 Å². The maximum atomic E-state index is 12.5. The van der Waals surface area contributed by atoms with Gasteiger partial charge in [-0.25, -0.2) is 0 Å². The third-order valence-electron chi connectivity index (χ3n) is 5.00. The van der Waals surface area contributed by atoms with Gasteiger partial charge in [0.25, 0.3) is 0 Å². The first kappa shape index (κ1) is 15.1. The summed E-state index contributed by atoms with van der Waals surface area (Å²) < 4.78 is 5.25. The number of nitrogens with zero attached hydrogens (tertiary/aromatic N) is 1. The van der Waals surface area contributed by atoms with E-state index in [0.29, 0.717) is 11.6 Å². The van der Waals surface area contributed by atoms with E-state index in [9.17, 15) is 14.7 Å². The molecule has 0 radical (unpaired) electrons. The number of amides is 1. The number of rotatable bonds is 3. The summed E-state index contributed by atoms with van der Waals surface area (Å²) in [6, 6.07) is 1.71. The van der Waals surface area contributed by atoms with Crippen LogP contribution in [0, 0.1) is 23.7 Å². The maximum Gasteiger partial charge on any atom is 0.307 e. The van der Waals surface area contributed by atoms with Gasteiger partial charge in [-0.15, -0.1) is 0 Å². The molecule has 22 heavy (non-hydrogen) atoms. The summed E-state index contributed by atoms with van der Waals surface area (Å²) in [4.78, 5) is 24.0. The fraction of sp³-hybridized carbons (Fsp3) is 0.688. The Labute approximate surface area is 129 Å². The van der Waals surface area contributed by atoms with Crippen LogP contribution in [0.3, 0.4) is 0 Å². The molecule has 6 heteroatoms. The average molecular weight is 306 g/mol. The van der Waals surface area contributed by atoms with Gasteiger partial charge in [-0.2, -0.15) is 0 Å². The van der Waals surface area contributed by atoms with Crippen molar-refractivity contribution >= 4 is 17.7 Å². The lowest BCUT2D eigenvalue weighted by Crippen LogP contribution is -2.37. The predicted octanol–water partition coefficient (Wildman–Crippen LogP) is 2.66. The van der Waals surface area contributed by atoms with E-state index in [-0.39, 0.29) is 23.2 Å². The topological polar surface area (TPSA) is 92.4 Å². The van der Waals surface area contributed by atoms with Crippen LogP contribution in [0.5, 0.6) is 0 Å². The van der Waals surface area contributed by atoms with Crippen LogP contribution in [0.4, 0.5) is 5.82 Å². The molecular weight excluding hydrogens is 284 g/mol. The van der Waals surface area contributed by atoms with Gasteiger partial charge in [0.05, 0.1) is 11.8 Å². The Bertz CT molecular complexity index is 602. The van der Waals surface area contributed by atoms with Crippen molar-refractivity contribution in [1.29, 1.82) is 0 Å². The van der Waals surface area contributed by atoms with E-state index in [4.69, 9.17) is 4.52 Å². The molecule has 3 rings (SSSR count). The van der Waals surface area contributed by atoms with Gasteiger partial charge in [0.15, 0.2) is 5.82 Å². The second-order valence-corrected chi connectivity index (χ2v) is 7.54. The standard InChI is InChI=1S/C16H22N2O4/c1-16(2,3)10-7-11(18-22-10)17-14(19)12-8-4-5-9(6-8)13(12)15(20)21/h7-9,12-13H,4-6H2,1-3H3,(H,20,21)(H,17,18,19)/t8-,9-,12+,13-/m0/s1. The van der Waals surface area contributed by atoms with Crippen molar-refractivity contribution in [2.75, 3.05) is 5.32 Å². The summed E-state index contributed by atoms with van der Waals surface area (Å²) in [6.07, 6.45) is 2.71.